The molecule has 3 heteroatoms. The maximum absolute atomic E-state index is 13.4. The maximum Gasteiger partial charge on any atom is 0.248 e. The Labute approximate surface area is 99.8 Å². The lowest BCUT2D eigenvalue weighted by atomic mass is 9.69. The summed E-state index contributed by atoms with van der Waals surface area (Å²) >= 11 is 0. The third-order valence-corrected chi connectivity index (χ3v) is 3.76. The molecule has 2 rings (SSSR count). The van der Waals surface area contributed by atoms with Gasteiger partial charge in [-0.25, -0.2) is 8.78 Å². The lowest BCUT2D eigenvalue weighted by Crippen LogP contribution is -2.36. The average Bonchev–Trinajstić information content (AvgIpc) is 2.39. The molecule has 0 spiro atoms. The number of hydrogen-bond acceptors (Lipinski definition) is 1. The van der Waals surface area contributed by atoms with Gasteiger partial charge in [0.2, 0.25) is 6.43 Å². The normalized spacial score (nSPS) is 19.2. The van der Waals surface area contributed by atoms with Crippen molar-refractivity contribution >= 4 is 6.29 Å². The zero-order valence-corrected chi connectivity index (χ0v) is 9.66. The fraction of sp³-hybridized carbons (Fsp3) is 0.500. The highest BCUT2D eigenvalue weighted by molar-refractivity contribution is 5.75. The van der Waals surface area contributed by atoms with Crippen LogP contribution in [0.2, 0.25) is 0 Å². The molecule has 1 aliphatic carbocycles. The van der Waals surface area contributed by atoms with Crippen LogP contribution in [-0.2, 0) is 5.41 Å². The number of rotatable bonds is 3. The maximum atomic E-state index is 13.4. The molecule has 0 N–H and O–H groups in total. The first-order chi connectivity index (χ1) is 8.19. The Balaban J connectivity index is 2.40. The van der Waals surface area contributed by atoms with Crippen molar-refractivity contribution in [3.8, 4) is 0 Å². The van der Waals surface area contributed by atoms with E-state index in [1.165, 1.54) is 0 Å². The van der Waals surface area contributed by atoms with Crippen molar-refractivity contribution in [2.75, 3.05) is 0 Å². The van der Waals surface area contributed by atoms with Gasteiger partial charge >= 0.3 is 0 Å². The Hall–Kier alpha value is -1.25. The van der Waals surface area contributed by atoms with Gasteiger partial charge in [-0.1, -0.05) is 37.5 Å². The van der Waals surface area contributed by atoms with Crippen LogP contribution in [0.3, 0.4) is 0 Å². The van der Waals surface area contributed by atoms with Crippen molar-refractivity contribution in [2.24, 2.45) is 0 Å². The van der Waals surface area contributed by atoms with Crippen LogP contribution in [0, 0.1) is 0 Å². The van der Waals surface area contributed by atoms with Crippen molar-refractivity contribution in [1.29, 1.82) is 0 Å². The Bertz CT molecular complexity index is 395. The quantitative estimate of drug-likeness (QED) is 0.728. The van der Waals surface area contributed by atoms with E-state index in [0.717, 1.165) is 19.3 Å². The van der Waals surface area contributed by atoms with Gasteiger partial charge in [-0.05, 0) is 24.5 Å². The fourth-order valence-electron chi connectivity index (χ4n) is 2.74. The van der Waals surface area contributed by atoms with Crippen molar-refractivity contribution < 1.29 is 13.6 Å². The lowest BCUT2D eigenvalue weighted by molar-refractivity contribution is 0.0254. The summed E-state index contributed by atoms with van der Waals surface area (Å²) in [6.07, 6.45) is 2.11. The molecule has 0 aromatic heterocycles. The van der Waals surface area contributed by atoms with Crippen LogP contribution in [0.15, 0.2) is 24.3 Å². The van der Waals surface area contributed by atoms with Gasteiger partial charge in [0.25, 0.3) is 0 Å². The summed E-state index contributed by atoms with van der Waals surface area (Å²) in [5.74, 6) is 0. The van der Waals surface area contributed by atoms with Gasteiger partial charge in [0.15, 0.2) is 0 Å². The van der Waals surface area contributed by atoms with E-state index < -0.39 is 11.8 Å². The molecule has 0 aliphatic heterocycles. The smallest absolute Gasteiger partial charge is 0.248 e. The van der Waals surface area contributed by atoms with Gasteiger partial charge in [-0.3, -0.25) is 4.79 Å². The topological polar surface area (TPSA) is 17.1 Å². The molecule has 1 fully saturated rings. The molecular formula is C14H16F2O. The van der Waals surface area contributed by atoms with Crippen LogP contribution in [0.4, 0.5) is 8.78 Å². The summed E-state index contributed by atoms with van der Waals surface area (Å²) in [5, 5.41) is 0. The Kier molecular flexibility index (Phi) is 3.55. The van der Waals surface area contributed by atoms with Crippen molar-refractivity contribution in [3.05, 3.63) is 35.4 Å². The molecule has 0 heterocycles. The van der Waals surface area contributed by atoms with Crippen LogP contribution in [0.5, 0.6) is 0 Å². The molecule has 0 bridgehead atoms. The second-order valence-corrected chi connectivity index (χ2v) is 4.76. The van der Waals surface area contributed by atoms with E-state index in [0.29, 0.717) is 30.3 Å². The molecule has 0 radical (unpaired) electrons. The lowest BCUT2D eigenvalue weighted by Gasteiger charge is -2.37. The molecule has 1 saturated carbocycles. The van der Waals surface area contributed by atoms with E-state index in [2.05, 4.69) is 0 Å². The summed E-state index contributed by atoms with van der Waals surface area (Å²) in [6, 6.07) is 6.69. The predicted octanol–water partition coefficient (Wildman–Crippen LogP) is 3.97. The van der Waals surface area contributed by atoms with Crippen LogP contribution < -0.4 is 0 Å². The Morgan fingerprint density at radius 1 is 1.18 bits per heavy atom. The van der Waals surface area contributed by atoms with Gasteiger partial charge in [-0.2, -0.15) is 0 Å². The van der Waals surface area contributed by atoms with Crippen LogP contribution >= 0.6 is 0 Å². The van der Waals surface area contributed by atoms with E-state index in [9.17, 15) is 13.6 Å². The minimum Gasteiger partial charge on any atom is -0.298 e. The first kappa shape index (κ1) is 12.2. The average molecular weight is 238 g/mol. The molecule has 1 aliphatic rings. The van der Waals surface area contributed by atoms with Crippen molar-refractivity contribution in [3.63, 3.8) is 0 Å². The number of halogens is 2. The van der Waals surface area contributed by atoms with Crippen molar-refractivity contribution in [2.45, 2.75) is 43.9 Å². The molecule has 0 amide bonds. The van der Waals surface area contributed by atoms with Crippen molar-refractivity contribution in [1.82, 2.24) is 0 Å². The zero-order chi connectivity index (χ0) is 12.3. The summed E-state index contributed by atoms with van der Waals surface area (Å²) in [5.41, 5.74) is 0.0713. The summed E-state index contributed by atoms with van der Waals surface area (Å²) < 4.78 is 26.8. The largest absolute Gasteiger partial charge is 0.298 e. The van der Waals surface area contributed by atoms with Gasteiger partial charge < -0.3 is 0 Å². The Morgan fingerprint density at radius 3 is 2.47 bits per heavy atom. The predicted molar refractivity (Wildman–Crippen MR) is 62.6 cm³/mol. The highest BCUT2D eigenvalue weighted by Crippen LogP contribution is 2.44. The minimum absolute atomic E-state index is 0.480. The molecule has 0 saturated heterocycles. The standard InChI is InChI=1S/C14H16F2O/c15-13(16)14(7-2-1-3-8-14)12-6-4-5-11(9-12)10-17/h4-6,9-10,13H,1-3,7-8H2. The molecule has 1 nitrogen and oxygen atoms in total. The first-order valence-electron chi connectivity index (χ1n) is 6.03. The van der Waals surface area contributed by atoms with E-state index in [4.69, 9.17) is 0 Å². The number of alkyl halides is 2. The number of carbonyl (C=O) groups is 1. The summed E-state index contributed by atoms with van der Waals surface area (Å²) in [6.45, 7) is 0. The van der Waals surface area contributed by atoms with E-state index >= 15 is 0 Å². The molecule has 1 aromatic carbocycles. The number of benzene rings is 1. The molecule has 0 atom stereocenters. The third kappa shape index (κ3) is 2.24. The molecule has 17 heavy (non-hydrogen) atoms. The molecule has 1 aromatic rings. The van der Waals surface area contributed by atoms with E-state index in [-0.39, 0.29) is 0 Å². The number of aldehydes is 1. The summed E-state index contributed by atoms with van der Waals surface area (Å²) in [4.78, 5) is 10.7. The van der Waals surface area contributed by atoms with E-state index in [1.54, 1.807) is 24.3 Å². The van der Waals surface area contributed by atoms with Gasteiger partial charge in [0, 0.05) is 5.56 Å². The van der Waals surface area contributed by atoms with Crippen LogP contribution in [-0.4, -0.2) is 12.7 Å². The van der Waals surface area contributed by atoms with Gasteiger partial charge in [-0.15, -0.1) is 0 Å². The molecule has 92 valence electrons. The van der Waals surface area contributed by atoms with Crippen LogP contribution in [0.1, 0.15) is 48.0 Å². The zero-order valence-electron chi connectivity index (χ0n) is 9.66. The third-order valence-electron chi connectivity index (χ3n) is 3.76. The van der Waals surface area contributed by atoms with Gasteiger partial charge in [0.1, 0.15) is 6.29 Å². The SMILES string of the molecule is O=Cc1cccc(C2(C(F)F)CCCCC2)c1. The fourth-order valence-corrected chi connectivity index (χ4v) is 2.74. The Morgan fingerprint density at radius 2 is 1.88 bits per heavy atom. The number of carbonyl (C=O) groups excluding carboxylic acids is 1. The highest BCUT2D eigenvalue weighted by Gasteiger charge is 2.42. The molecular weight excluding hydrogens is 222 g/mol. The first-order valence-corrected chi connectivity index (χ1v) is 6.03. The monoisotopic (exact) mass is 238 g/mol. The number of hydrogen-bond donors (Lipinski definition) is 0. The van der Waals surface area contributed by atoms with Gasteiger partial charge in [0.05, 0.1) is 5.41 Å². The molecule has 0 unspecified atom stereocenters. The minimum atomic E-state index is -2.36. The van der Waals surface area contributed by atoms with E-state index in [1.807, 2.05) is 0 Å². The second-order valence-electron chi connectivity index (χ2n) is 4.76. The highest BCUT2D eigenvalue weighted by atomic mass is 19.3. The second kappa shape index (κ2) is 4.94. The summed E-state index contributed by atoms with van der Waals surface area (Å²) in [7, 11) is 0. The van der Waals surface area contributed by atoms with Crippen LogP contribution in [0.25, 0.3) is 0 Å².